The van der Waals surface area contributed by atoms with E-state index in [-0.39, 0.29) is 29.1 Å². The van der Waals surface area contributed by atoms with Crippen LogP contribution in [0.1, 0.15) is 47.9 Å². The Balaban J connectivity index is 0. The molecule has 25 heavy (non-hydrogen) atoms. The second-order valence-corrected chi connectivity index (χ2v) is 5.47. The summed E-state index contributed by atoms with van der Waals surface area (Å²) in [6, 6.07) is 2.52. The molecule has 1 aromatic rings. The maximum Gasteiger partial charge on any atom is 2.00 e. The summed E-state index contributed by atoms with van der Waals surface area (Å²) in [6.07, 6.45) is 19.9. The van der Waals surface area contributed by atoms with Crippen molar-refractivity contribution < 1.29 is 41.5 Å². The Bertz CT molecular complexity index is 589. The zero-order valence-electron chi connectivity index (χ0n) is 14.6. The van der Waals surface area contributed by atoms with Gasteiger partial charge in [-0.25, -0.2) is 9.59 Å². The Labute approximate surface area is 165 Å². The molecule has 2 aliphatic carbocycles. The van der Waals surface area contributed by atoms with E-state index >= 15 is 0 Å². The fourth-order valence-electron chi connectivity index (χ4n) is 3.08. The third kappa shape index (κ3) is 8.68. The molecule has 0 spiro atoms. The molecule has 0 saturated heterocycles. The van der Waals surface area contributed by atoms with E-state index in [0.717, 1.165) is 0 Å². The van der Waals surface area contributed by atoms with Gasteiger partial charge in [0.2, 0.25) is 0 Å². The van der Waals surface area contributed by atoms with Gasteiger partial charge in [-0.2, -0.15) is 28.3 Å². The molecule has 0 amide bonds. The molecule has 0 unspecified atom stereocenters. The van der Waals surface area contributed by atoms with Crippen LogP contribution in [0.4, 0.5) is 0 Å². The number of carboxylic acid groups (broad SMARTS) is 2. The minimum Gasteiger partial charge on any atom is -0.472 e. The van der Waals surface area contributed by atoms with Crippen LogP contribution < -0.4 is 0 Å². The number of aliphatic carboxylic acids is 2. The van der Waals surface area contributed by atoms with E-state index in [4.69, 9.17) is 19.8 Å². The van der Waals surface area contributed by atoms with Crippen LogP contribution >= 0.6 is 0 Å². The van der Waals surface area contributed by atoms with Gasteiger partial charge in [0.1, 0.15) is 0 Å². The van der Waals surface area contributed by atoms with Crippen molar-refractivity contribution in [3.05, 3.63) is 35.7 Å². The predicted molar refractivity (Wildman–Crippen MR) is 94.7 cm³/mol. The predicted octanol–water partition coefficient (Wildman–Crippen LogP) is 3.02. The number of fused-ring (bicyclic) bond motifs is 3. The van der Waals surface area contributed by atoms with Crippen molar-refractivity contribution in [3.8, 4) is 24.7 Å². The summed E-state index contributed by atoms with van der Waals surface area (Å²) in [5, 5.41) is 15.0. The molecule has 0 heterocycles. The fourth-order valence-corrected chi connectivity index (χ4v) is 3.08. The van der Waals surface area contributed by atoms with Crippen molar-refractivity contribution in [2.45, 2.75) is 51.4 Å². The molecule has 0 aliphatic heterocycles. The van der Waals surface area contributed by atoms with Gasteiger partial charge in [-0.1, -0.05) is 51.4 Å². The third-order valence-electron chi connectivity index (χ3n) is 3.98. The normalized spacial score (nSPS) is 13.0. The average Bonchev–Trinajstić information content (AvgIpc) is 2.94. The van der Waals surface area contributed by atoms with Crippen LogP contribution in [0.25, 0.3) is 0 Å². The molecular weight excluding hydrogens is 352 g/mol. The third-order valence-corrected chi connectivity index (χ3v) is 3.98. The molecule has 2 aliphatic rings. The van der Waals surface area contributed by atoms with E-state index in [9.17, 15) is 0 Å². The number of hydrogen-bond acceptors (Lipinski definition) is 2. The van der Waals surface area contributed by atoms with Crippen molar-refractivity contribution in [3.63, 3.8) is 0 Å². The molecule has 0 aromatic heterocycles. The Morgan fingerprint density at radius 1 is 0.800 bits per heavy atom. The maximum atomic E-state index is 9.13. The summed E-state index contributed by atoms with van der Waals surface area (Å²) in [6.45, 7) is 0. The van der Waals surface area contributed by atoms with Crippen LogP contribution in [0.15, 0.2) is 6.07 Å². The van der Waals surface area contributed by atoms with Crippen molar-refractivity contribution in [1.82, 2.24) is 0 Å². The van der Waals surface area contributed by atoms with Gasteiger partial charge in [0, 0.05) is 11.8 Å². The minimum atomic E-state index is -1.22. The second kappa shape index (κ2) is 13.4. The van der Waals surface area contributed by atoms with Crippen molar-refractivity contribution in [2.75, 3.05) is 0 Å². The molecule has 5 heteroatoms. The quantitative estimate of drug-likeness (QED) is 0.415. The Morgan fingerprint density at radius 3 is 1.36 bits per heavy atom. The molecule has 0 atom stereocenters. The number of terminal acetylenes is 2. The smallest absolute Gasteiger partial charge is 0.472 e. The minimum absolute atomic E-state index is 0. The summed E-state index contributed by atoms with van der Waals surface area (Å²) >= 11 is 0. The SMILES string of the molecule is C#CC(=O)O.C#CC(=O)O.[CH3-].[Ti+2].[cH-]1c2c(c3c1CCCC3)CCCC2. The second-order valence-electron chi connectivity index (χ2n) is 5.47. The molecule has 0 radical (unpaired) electrons. The monoisotopic (exact) mass is 376 g/mol. The maximum absolute atomic E-state index is 9.13. The van der Waals surface area contributed by atoms with E-state index in [1.54, 1.807) is 22.3 Å². The average molecular weight is 376 g/mol. The van der Waals surface area contributed by atoms with Crippen LogP contribution in [0, 0.1) is 32.1 Å². The van der Waals surface area contributed by atoms with E-state index < -0.39 is 11.9 Å². The van der Waals surface area contributed by atoms with E-state index in [2.05, 4.69) is 18.9 Å². The van der Waals surface area contributed by atoms with Gasteiger partial charge in [-0.05, 0) is 0 Å². The summed E-state index contributed by atoms with van der Waals surface area (Å²) in [4.78, 5) is 18.3. The molecule has 0 bridgehead atoms. The van der Waals surface area contributed by atoms with Crippen LogP contribution in [-0.2, 0) is 57.0 Å². The molecule has 1 aromatic carbocycles. The summed E-state index contributed by atoms with van der Waals surface area (Å²) in [7, 11) is 0. The largest absolute Gasteiger partial charge is 2.00 e. The molecular formula is C20H24O4Ti. The fraction of sp³-hybridized carbons (Fsp3) is 0.400. The Kier molecular flexibility index (Phi) is 13.6. The molecule has 4 nitrogen and oxygen atoms in total. The summed E-state index contributed by atoms with van der Waals surface area (Å²) < 4.78 is 0. The van der Waals surface area contributed by atoms with Gasteiger partial charge in [-0.3, -0.25) is 0 Å². The molecule has 0 fully saturated rings. The van der Waals surface area contributed by atoms with Crippen LogP contribution in [0.2, 0.25) is 0 Å². The van der Waals surface area contributed by atoms with Crippen LogP contribution in [0.5, 0.6) is 0 Å². The number of rotatable bonds is 0. The molecule has 3 rings (SSSR count). The number of hydrogen-bond donors (Lipinski definition) is 2. The number of carboxylic acids is 2. The van der Waals surface area contributed by atoms with Crippen LogP contribution in [0.3, 0.4) is 0 Å². The van der Waals surface area contributed by atoms with Gasteiger partial charge < -0.3 is 17.6 Å². The van der Waals surface area contributed by atoms with Gasteiger partial charge in [0.15, 0.2) is 0 Å². The van der Waals surface area contributed by atoms with Gasteiger partial charge in [0.25, 0.3) is 0 Å². The van der Waals surface area contributed by atoms with Crippen molar-refractivity contribution in [1.29, 1.82) is 0 Å². The van der Waals surface area contributed by atoms with Gasteiger partial charge in [-0.15, -0.1) is 12.8 Å². The summed E-state index contributed by atoms with van der Waals surface area (Å²) in [5.74, 6) is 0.454. The van der Waals surface area contributed by atoms with Crippen LogP contribution in [-0.4, -0.2) is 22.2 Å². The van der Waals surface area contributed by atoms with E-state index in [1.165, 1.54) is 63.2 Å². The Hall–Kier alpha value is -1.88. The molecule has 0 saturated carbocycles. The van der Waals surface area contributed by atoms with Crippen molar-refractivity contribution in [2.24, 2.45) is 0 Å². The van der Waals surface area contributed by atoms with E-state index in [0.29, 0.717) is 0 Å². The van der Waals surface area contributed by atoms with Crippen molar-refractivity contribution >= 4 is 11.9 Å². The first-order chi connectivity index (χ1) is 11.0. The molecule has 2 N–H and O–H groups in total. The van der Waals surface area contributed by atoms with Gasteiger partial charge >= 0.3 is 33.7 Å². The first-order valence-electron chi connectivity index (χ1n) is 7.67. The Morgan fingerprint density at radius 2 is 1.08 bits per heavy atom. The summed E-state index contributed by atoms with van der Waals surface area (Å²) in [5.41, 5.74) is 6.94. The van der Waals surface area contributed by atoms with E-state index in [1.807, 2.05) is 0 Å². The number of carbonyl (C=O) groups is 2. The molecule has 132 valence electrons. The van der Waals surface area contributed by atoms with Gasteiger partial charge in [0.05, 0.1) is 0 Å². The first-order valence-corrected chi connectivity index (χ1v) is 7.67. The standard InChI is InChI=1S/C13H17.2C3H2O2.CH3.Ti/c1-3-7-12-10(5-1)9-11-6-2-4-8-13(11)12;2*1-2-3(4)5;;/h9H,1-8H2;2*1H,(H,4,5);1H3;/q-1;;;-1;+2. The first kappa shape index (κ1) is 25.4. The topological polar surface area (TPSA) is 74.6 Å². The zero-order chi connectivity index (χ0) is 17.2. The zero-order valence-corrected chi connectivity index (χ0v) is 16.2. The number of aryl methyl sites for hydroxylation is 2.